The lowest BCUT2D eigenvalue weighted by Crippen LogP contribution is -2.17. The molecule has 9 aromatic rings. The highest BCUT2D eigenvalue weighted by atomic mass is 16.5. The summed E-state index contributed by atoms with van der Waals surface area (Å²) >= 11 is 0. The molecule has 0 saturated heterocycles. The number of hydrogen-bond donors (Lipinski definition) is 0. The SMILES string of the molecule is O=c1c2cc3ccccc3c3c2n2c4c(c5ccccc5cc4c(=O)c4cc(-c5ccccc5-c5ccccc5)cc1c42)O3. The first-order valence-electron chi connectivity index (χ1n) is 14.7. The van der Waals surface area contributed by atoms with Crippen LogP contribution >= 0.6 is 0 Å². The number of pyridine rings is 2. The van der Waals surface area contributed by atoms with Gasteiger partial charge in [0.05, 0.1) is 16.3 Å². The van der Waals surface area contributed by atoms with E-state index in [2.05, 4.69) is 28.7 Å². The van der Waals surface area contributed by atoms with Crippen molar-refractivity contribution in [1.82, 2.24) is 4.40 Å². The predicted molar refractivity (Wildman–Crippen MR) is 180 cm³/mol. The molecule has 0 radical (unpaired) electrons. The van der Waals surface area contributed by atoms with Gasteiger partial charge in [0.2, 0.25) is 0 Å². The zero-order chi connectivity index (χ0) is 29.1. The van der Waals surface area contributed by atoms with Crippen LogP contribution in [0.2, 0.25) is 0 Å². The largest absolute Gasteiger partial charge is 0.452 e. The van der Waals surface area contributed by atoms with E-state index in [1.165, 1.54) is 0 Å². The molecule has 0 saturated carbocycles. The Bertz CT molecular complexity index is 2690. The maximum atomic E-state index is 14.5. The van der Waals surface area contributed by atoms with Gasteiger partial charge in [0.25, 0.3) is 0 Å². The Morgan fingerprint density at radius 3 is 1.43 bits per heavy atom. The fourth-order valence-electron chi connectivity index (χ4n) is 7.31. The van der Waals surface area contributed by atoms with Gasteiger partial charge in [-0.15, -0.1) is 0 Å². The highest BCUT2D eigenvalue weighted by Crippen LogP contribution is 2.48. The normalized spacial score (nSPS) is 12.5. The first-order valence-corrected chi connectivity index (χ1v) is 14.7. The molecular formula is C40H21NO3. The van der Waals surface area contributed by atoms with E-state index in [0.29, 0.717) is 49.6 Å². The minimum absolute atomic E-state index is 0.109. The minimum Gasteiger partial charge on any atom is -0.452 e. The molecule has 3 heterocycles. The molecule has 0 atom stereocenters. The van der Waals surface area contributed by atoms with Crippen LogP contribution in [0.25, 0.3) is 81.9 Å². The minimum atomic E-state index is -0.109. The van der Waals surface area contributed by atoms with E-state index in [1.807, 2.05) is 103 Å². The molecule has 0 bridgehead atoms. The molecule has 0 amide bonds. The molecule has 0 fully saturated rings. The van der Waals surface area contributed by atoms with Crippen LogP contribution < -0.4 is 15.6 Å². The fourth-order valence-corrected chi connectivity index (χ4v) is 7.31. The van der Waals surface area contributed by atoms with Gasteiger partial charge in [0.1, 0.15) is 11.0 Å². The lowest BCUT2D eigenvalue weighted by Gasteiger charge is -2.25. The first-order chi connectivity index (χ1) is 21.7. The summed E-state index contributed by atoms with van der Waals surface area (Å²) in [6.45, 7) is 0. The third kappa shape index (κ3) is 2.91. The van der Waals surface area contributed by atoms with Gasteiger partial charge in [0.15, 0.2) is 22.4 Å². The van der Waals surface area contributed by atoms with Crippen LogP contribution in [0.1, 0.15) is 0 Å². The van der Waals surface area contributed by atoms with Crippen molar-refractivity contribution in [2.45, 2.75) is 0 Å². The van der Waals surface area contributed by atoms with Crippen LogP contribution in [0.4, 0.5) is 0 Å². The van der Waals surface area contributed by atoms with E-state index in [0.717, 1.165) is 43.8 Å². The quantitative estimate of drug-likeness (QED) is 0.156. The molecule has 2 aromatic heterocycles. The average Bonchev–Trinajstić information content (AvgIpc) is 3.08. The standard InChI is InChI=1S/C40H21NO3/c42-37-30-20-25(27-15-9-8-14-26(27)22-10-2-1-3-11-22)21-31-34(30)41-35-32(37)18-23-12-4-6-16-28(23)39(35)44-40-29-17-7-5-13-24(29)19-33(36(40)41)38(31)43/h1-21H. The summed E-state index contributed by atoms with van der Waals surface area (Å²) in [5.74, 6) is 1.29. The van der Waals surface area contributed by atoms with Gasteiger partial charge in [-0.25, -0.2) is 0 Å². The molecule has 1 aliphatic rings. The molecule has 0 N–H and O–H groups in total. The summed E-state index contributed by atoms with van der Waals surface area (Å²) < 4.78 is 8.91. The van der Waals surface area contributed by atoms with Crippen LogP contribution in [0, 0.1) is 0 Å². The van der Waals surface area contributed by atoms with Crippen LogP contribution in [0.3, 0.4) is 0 Å². The molecule has 4 heteroatoms. The molecule has 4 nitrogen and oxygen atoms in total. The molecule has 204 valence electrons. The molecule has 10 rings (SSSR count). The highest BCUT2D eigenvalue weighted by Gasteiger charge is 2.28. The van der Waals surface area contributed by atoms with Crippen molar-refractivity contribution >= 4 is 59.6 Å². The third-order valence-electron chi connectivity index (χ3n) is 9.24. The van der Waals surface area contributed by atoms with Gasteiger partial charge in [-0.2, -0.15) is 0 Å². The topological polar surface area (TPSA) is 47.8 Å². The number of hydrogen-bond acceptors (Lipinski definition) is 3. The Morgan fingerprint density at radius 2 is 0.864 bits per heavy atom. The zero-order valence-electron chi connectivity index (χ0n) is 23.3. The van der Waals surface area contributed by atoms with Crippen molar-refractivity contribution < 1.29 is 4.74 Å². The molecule has 0 unspecified atom stereocenters. The smallest absolute Gasteiger partial charge is 0.197 e. The van der Waals surface area contributed by atoms with E-state index in [-0.39, 0.29) is 10.9 Å². The molecule has 0 aliphatic carbocycles. The summed E-state index contributed by atoms with van der Waals surface area (Å²) in [7, 11) is 0. The van der Waals surface area contributed by atoms with Crippen molar-refractivity contribution in [2.75, 3.05) is 0 Å². The molecular weight excluding hydrogens is 542 g/mol. The van der Waals surface area contributed by atoms with E-state index in [4.69, 9.17) is 4.74 Å². The van der Waals surface area contributed by atoms with Gasteiger partial charge >= 0.3 is 0 Å². The number of aromatic nitrogens is 1. The van der Waals surface area contributed by atoms with Gasteiger partial charge in [-0.1, -0.05) is 103 Å². The Labute approximate surface area is 250 Å². The summed E-state index contributed by atoms with van der Waals surface area (Å²) in [5.41, 5.74) is 5.75. The Kier molecular flexibility index (Phi) is 4.44. The molecule has 7 aromatic carbocycles. The summed E-state index contributed by atoms with van der Waals surface area (Å²) in [6, 6.07) is 42.2. The van der Waals surface area contributed by atoms with Crippen LogP contribution in [0.15, 0.2) is 137 Å². The van der Waals surface area contributed by atoms with Gasteiger partial charge in [-0.05, 0) is 57.3 Å². The predicted octanol–water partition coefficient (Wildman–Crippen LogP) is 9.30. The number of ether oxygens (including phenoxy) is 1. The Hall–Kier alpha value is -6.00. The van der Waals surface area contributed by atoms with Crippen molar-refractivity contribution in [3.8, 4) is 33.8 Å². The Balaban J connectivity index is 1.47. The van der Waals surface area contributed by atoms with Gasteiger partial charge < -0.3 is 9.14 Å². The van der Waals surface area contributed by atoms with Crippen LogP contribution in [0.5, 0.6) is 11.5 Å². The lowest BCUT2D eigenvalue weighted by atomic mass is 9.91. The van der Waals surface area contributed by atoms with Crippen LogP contribution in [-0.4, -0.2) is 4.40 Å². The monoisotopic (exact) mass is 563 g/mol. The molecule has 1 aliphatic heterocycles. The molecule has 0 spiro atoms. The number of benzene rings is 7. The first kappa shape index (κ1) is 23.6. The second kappa shape index (κ2) is 8.30. The van der Waals surface area contributed by atoms with Crippen molar-refractivity contribution in [2.24, 2.45) is 0 Å². The fraction of sp³-hybridized carbons (Fsp3) is 0. The average molecular weight is 564 g/mol. The maximum absolute atomic E-state index is 14.5. The van der Waals surface area contributed by atoms with Crippen molar-refractivity contribution in [3.05, 3.63) is 148 Å². The number of rotatable bonds is 2. The lowest BCUT2D eigenvalue weighted by molar-refractivity contribution is 0.497. The van der Waals surface area contributed by atoms with Crippen molar-refractivity contribution in [1.29, 1.82) is 0 Å². The second-order valence-corrected chi connectivity index (χ2v) is 11.6. The van der Waals surface area contributed by atoms with E-state index in [9.17, 15) is 9.59 Å². The maximum Gasteiger partial charge on any atom is 0.197 e. The van der Waals surface area contributed by atoms with Gasteiger partial charge in [0, 0.05) is 21.5 Å². The Morgan fingerprint density at radius 1 is 0.409 bits per heavy atom. The van der Waals surface area contributed by atoms with E-state index < -0.39 is 0 Å². The van der Waals surface area contributed by atoms with Crippen molar-refractivity contribution in [3.63, 3.8) is 0 Å². The van der Waals surface area contributed by atoms with Crippen LogP contribution in [-0.2, 0) is 0 Å². The number of fused-ring (bicyclic) bond motifs is 4. The van der Waals surface area contributed by atoms with E-state index >= 15 is 0 Å². The third-order valence-corrected chi connectivity index (χ3v) is 9.24. The highest BCUT2D eigenvalue weighted by molar-refractivity contribution is 6.18. The summed E-state index contributed by atoms with van der Waals surface area (Å²) in [6.07, 6.45) is 0. The van der Waals surface area contributed by atoms with Gasteiger partial charge in [-0.3, -0.25) is 9.59 Å². The zero-order valence-corrected chi connectivity index (χ0v) is 23.3. The summed E-state index contributed by atoms with van der Waals surface area (Å²) in [4.78, 5) is 29.1. The number of nitrogens with zero attached hydrogens (tertiary/aromatic N) is 1. The van der Waals surface area contributed by atoms with E-state index in [1.54, 1.807) is 0 Å². The summed E-state index contributed by atoms with van der Waals surface area (Å²) in [5, 5.41) is 5.91. The second-order valence-electron chi connectivity index (χ2n) is 11.6. The molecule has 44 heavy (non-hydrogen) atoms.